The van der Waals surface area contributed by atoms with Crippen LogP contribution in [-0.2, 0) is 11.4 Å². The molecule has 2 N–H and O–H groups in total. The minimum absolute atomic E-state index is 1.20. The number of rotatable bonds is 0. The van der Waals surface area contributed by atoms with Gasteiger partial charge in [-0.1, -0.05) is 0 Å². The topological polar surface area (TPSA) is 26.0 Å². The molecule has 0 atom stereocenters. The quantitative estimate of drug-likeness (QED) is 0.478. The summed E-state index contributed by atoms with van der Waals surface area (Å²) in [6.07, 6.45) is 0. The molecule has 0 rings (SSSR count). The third-order valence-electron chi connectivity index (χ3n) is 0. The molecule has 0 saturated carbocycles. The molecule has 3 heteroatoms. The molecule has 0 aromatic rings. The van der Waals surface area contributed by atoms with Gasteiger partial charge in [0, 0.05) is 0 Å². The summed E-state index contributed by atoms with van der Waals surface area (Å²) in [7, 11) is 1.20. The second kappa shape index (κ2) is 1.10. The van der Waals surface area contributed by atoms with Crippen molar-refractivity contribution >= 4 is 8.85 Å². The molecule has 0 fully saturated rings. The van der Waals surface area contributed by atoms with Crippen LogP contribution in [0.2, 0.25) is 17.5 Å². The van der Waals surface area contributed by atoms with Crippen molar-refractivity contribution in [2.75, 3.05) is 0 Å². The first-order valence-electron chi connectivity index (χ1n) is 1.73. The van der Waals surface area contributed by atoms with E-state index in [0.29, 0.717) is 0 Å². The normalized spacial score (nSPS) is 19.7. The van der Waals surface area contributed by atoms with Crippen LogP contribution in [0.5, 0.6) is 0 Å². The first-order chi connectivity index (χ1) is 2.24. The number of hydrogen-bond acceptors (Lipinski definition) is 1. The fraction of sp³-hybridized carbons (Fsp3) is 1.00. The predicted molar refractivity (Wildman–Crippen MR) is 31.7 cm³/mol. The first kappa shape index (κ1) is 6.70. The van der Waals surface area contributed by atoms with Gasteiger partial charge in [-0.25, -0.2) is 0 Å². The Morgan fingerprint density at radius 1 is 1.33 bits per heavy atom. The molecule has 0 unspecified atom stereocenters. The van der Waals surface area contributed by atoms with Crippen LogP contribution < -0.4 is 4.75 Å². The summed E-state index contributed by atoms with van der Waals surface area (Å²) in [5, 5.41) is 0. The van der Waals surface area contributed by atoms with Crippen molar-refractivity contribution in [3.05, 3.63) is 0 Å². The van der Waals surface area contributed by atoms with E-state index in [9.17, 15) is 0 Å². The SMILES string of the molecule is [CH3][Mn]([CH3])([CH3])([NH2])[SiH3]. The molecule has 0 radical (unpaired) electrons. The molecule has 0 bridgehead atoms. The molecule has 0 amide bonds. The Morgan fingerprint density at radius 3 is 1.33 bits per heavy atom. The van der Waals surface area contributed by atoms with E-state index in [1.165, 1.54) is 8.85 Å². The monoisotopic (exact) mass is 147 g/mol. The van der Waals surface area contributed by atoms with Gasteiger partial charge in [0.25, 0.3) is 0 Å². The summed E-state index contributed by atoms with van der Waals surface area (Å²) < 4.78 is 5.81. The van der Waals surface area contributed by atoms with Crippen molar-refractivity contribution in [2.24, 2.45) is 4.75 Å². The van der Waals surface area contributed by atoms with Gasteiger partial charge < -0.3 is 0 Å². The van der Waals surface area contributed by atoms with Gasteiger partial charge in [0.05, 0.1) is 0 Å². The van der Waals surface area contributed by atoms with Crippen LogP contribution in [0, 0.1) is 0 Å². The van der Waals surface area contributed by atoms with Crippen LogP contribution in [0.1, 0.15) is 0 Å². The zero-order valence-corrected chi connectivity index (χ0v) is 8.14. The summed E-state index contributed by atoms with van der Waals surface area (Å²) in [6.45, 7) is 0. The van der Waals surface area contributed by atoms with Crippen molar-refractivity contribution in [2.45, 2.75) is 17.5 Å². The minimum atomic E-state index is -1.62. The predicted octanol–water partition coefficient (Wildman–Crippen LogP) is -0.0256. The second-order valence-corrected chi connectivity index (χ2v) is 24.1. The van der Waals surface area contributed by atoms with E-state index in [1.807, 2.05) is 0 Å². The summed E-state index contributed by atoms with van der Waals surface area (Å²) in [5.74, 6) is 6.61. The molecule has 0 heterocycles. The van der Waals surface area contributed by atoms with Gasteiger partial charge in [-0.05, 0) is 0 Å². The Labute approximate surface area is 43.0 Å². The third kappa shape index (κ3) is 132. The van der Waals surface area contributed by atoms with E-state index >= 15 is 0 Å². The first-order valence-corrected chi connectivity index (χ1v) is 10.3. The Kier molecular flexibility index (Phi) is 1.23. The van der Waals surface area contributed by atoms with E-state index < -0.39 is 11.4 Å². The average molecular weight is 147 g/mol. The Morgan fingerprint density at radius 2 is 1.33 bits per heavy atom. The molecule has 0 aromatic heterocycles. The summed E-state index contributed by atoms with van der Waals surface area (Å²) in [5.41, 5.74) is 0. The van der Waals surface area contributed by atoms with Crippen molar-refractivity contribution in [3.8, 4) is 0 Å². The van der Waals surface area contributed by atoms with E-state index in [1.54, 1.807) is 0 Å². The fourth-order valence-corrected chi connectivity index (χ4v) is 0. The van der Waals surface area contributed by atoms with E-state index in [4.69, 9.17) is 4.75 Å². The molecule has 6 heavy (non-hydrogen) atoms. The molecule has 42 valence electrons. The van der Waals surface area contributed by atoms with Crippen LogP contribution in [0.25, 0.3) is 0 Å². The number of nitrogens with two attached hydrogens (primary N) is 1. The van der Waals surface area contributed by atoms with Gasteiger partial charge in [0.15, 0.2) is 0 Å². The van der Waals surface area contributed by atoms with Gasteiger partial charge >= 0.3 is 42.4 Å². The van der Waals surface area contributed by atoms with Crippen LogP contribution >= 0.6 is 0 Å². The van der Waals surface area contributed by atoms with Crippen molar-refractivity contribution in [1.82, 2.24) is 0 Å². The standard InChI is InChI=1S/3CH3.Mn.H2N.H3Si/h3*1H3;;1H2;1H3/q;;;+1;-1;. The fourth-order valence-electron chi connectivity index (χ4n) is 0. The van der Waals surface area contributed by atoms with Crippen LogP contribution in [0.4, 0.5) is 0 Å². The van der Waals surface area contributed by atoms with Gasteiger partial charge in [0.1, 0.15) is 0 Å². The molecule has 0 aliphatic rings. The van der Waals surface area contributed by atoms with Crippen molar-refractivity contribution < 1.29 is 11.4 Å². The molecular weight excluding hydrogens is 133 g/mol. The Hall–Kier alpha value is 0.696. The molecular formula is C3H14MnNSi. The van der Waals surface area contributed by atoms with Gasteiger partial charge in [-0.3, -0.25) is 0 Å². The average Bonchev–Trinajstić information content (AvgIpc) is 0.650. The molecule has 0 aliphatic carbocycles. The van der Waals surface area contributed by atoms with E-state index in [-0.39, 0.29) is 0 Å². The van der Waals surface area contributed by atoms with E-state index in [0.717, 1.165) is 0 Å². The molecule has 1 nitrogen and oxygen atoms in total. The van der Waals surface area contributed by atoms with Crippen LogP contribution in [0.3, 0.4) is 0 Å². The van der Waals surface area contributed by atoms with E-state index in [2.05, 4.69) is 17.5 Å². The van der Waals surface area contributed by atoms with Crippen LogP contribution in [-0.4, -0.2) is 8.85 Å². The van der Waals surface area contributed by atoms with Crippen molar-refractivity contribution in [3.63, 3.8) is 0 Å². The maximum atomic E-state index is 5.81. The molecule has 0 aromatic carbocycles. The van der Waals surface area contributed by atoms with Crippen molar-refractivity contribution in [1.29, 1.82) is 0 Å². The van der Waals surface area contributed by atoms with Gasteiger partial charge in [-0.2, -0.15) is 0 Å². The van der Waals surface area contributed by atoms with Crippen LogP contribution in [0.15, 0.2) is 0 Å². The summed E-state index contributed by atoms with van der Waals surface area (Å²) >= 11 is -1.62. The zero-order valence-electron chi connectivity index (χ0n) is 4.96. The third-order valence-corrected chi connectivity index (χ3v) is 0. The molecule has 0 aliphatic heterocycles. The summed E-state index contributed by atoms with van der Waals surface area (Å²) in [4.78, 5) is 0. The maximum absolute atomic E-state index is 5.81. The zero-order chi connectivity index (χ0) is 5.45. The molecule has 0 spiro atoms. The molecule has 0 saturated heterocycles. The number of hydrogen-bond donors (Lipinski definition) is 1. The van der Waals surface area contributed by atoms with Gasteiger partial charge in [0.2, 0.25) is 0 Å². The summed E-state index contributed by atoms with van der Waals surface area (Å²) in [6, 6.07) is 0. The van der Waals surface area contributed by atoms with Gasteiger partial charge in [-0.15, -0.1) is 0 Å². The second-order valence-electron chi connectivity index (χ2n) is 3.14. The Bertz CT molecular complexity index is 44.0. The Balaban J connectivity index is 3.73.